The van der Waals surface area contributed by atoms with Crippen molar-refractivity contribution in [2.75, 3.05) is 18.6 Å². The number of nitro benzene ring substituents is 1. The molecular formula is C13H22N4O3. The van der Waals surface area contributed by atoms with E-state index in [0.717, 1.165) is 12.1 Å². The van der Waals surface area contributed by atoms with Gasteiger partial charge in [0.1, 0.15) is 0 Å². The Labute approximate surface area is 118 Å². The molecule has 0 aliphatic carbocycles. The average molecular weight is 282 g/mol. The van der Waals surface area contributed by atoms with Gasteiger partial charge in [0.2, 0.25) is 0 Å². The standard InChI is InChI=1S/C13H22N4O3/c1-10(2)16(6-3-7-18)9-11-8-12(17(19)20)4-5-13(11)15-14/h4-5,8,10,15,18H,3,6-7,9,14H2,1-2H3. The van der Waals surface area contributed by atoms with E-state index in [9.17, 15) is 10.1 Å². The van der Waals surface area contributed by atoms with Crippen LogP contribution in [0, 0.1) is 10.1 Å². The number of non-ortho nitro benzene ring substituents is 1. The second-order valence-corrected chi connectivity index (χ2v) is 4.88. The molecule has 0 aliphatic heterocycles. The van der Waals surface area contributed by atoms with E-state index < -0.39 is 4.92 Å². The fraction of sp³-hybridized carbons (Fsp3) is 0.538. The zero-order valence-electron chi connectivity index (χ0n) is 11.9. The summed E-state index contributed by atoms with van der Waals surface area (Å²) in [5, 5.41) is 19.8. The number of nitrogen functional groups attached to an aromatic ring is 1. The molecule has 0 amide bonds. The molecule has 20 heavy (non-hydrogen) atoms. The minimum atomic E-state index is -0.419. The highest BCUT2D eigenvalue weighted by molar-refractivity contribution is 5.55. The summed E-state index contributed by atoms with van der Waals surface area (Å²) in [6.07, 6.45) is 0.665. The fourth-order valence-corrected chi connectivity index (χ4v) is 1.98. The van der Waals surface area contributed by atoms with Crippen LogP contribution in [0.1, 0.15) is 25.8 Å². The first-order valence-corrected chi connectivity index (χ1v) is 6.58. The van der Waals surface area contributed by atoms with Crippen LogP contribution in [-0.4, -0.2) is 34.1 Å². The van der Waals surface area contributed by atoms with Gasteiger partial charge in [-0.25, -0.2) is 0 Å². The highest BCUT2D eigenvalue weighted by Gasteiger charge is 2.15. The van der Waals surface area contributed by atoms with E-state index in [-0.39, 0.29) is 18.3 Å². The van der Waals surface area contributed by atoms with Crippen LogP contribution in [0.25, 0.3) is 0 Å². The molecule has 7 nitrogen and oxygen atoms in total. The van der Waals surface area contributed by atoms with Crippen LogP contribution in [0.5, 0.6) is 0 Å². The van der Waals surface area contributed by atoms with Crippen LogP contribution in [0.4, 0.5) is 11.4 Å². The number of anilines is 1. The second-order valence-electron chi connectivity index (χ2n) is 4.88. The maximum Gasteiger partial charge on any atom is 0.269 e. The molecule has 1 rings (SSSR count). The van der Waals surface area contributed by atoms with Gasteiger partial charge in [-0.15, -0.1) is 0 Å². The Hall–Kier alpha value is -1.70. The molecule has 1 aromatic carbocycles. The number of aliphatic hydroxyl groups excluding tert-OH is 1. The SMILES string of the molecule is CC(C)N(CCCO)Cc1cc([N+](=O)[O-])ccc1NN. The third kappa shape index (κ3) is 4.44. The Morgan fingerprint density at radius 2 is 2.20 bits per heavy atom. The van der Waals surface area contributed by atoms with E-state index in [1.165, 1.54) is 12.1 Å². The number of hydrogen-bond acceptors (Lipinski definition) is 6. The Balaban J connectivity index is 2.96. The first-order valence-electron chi connectivity index (χ1n) is 6.58. The molecular weight excluding hydrogens is 260 g/mol. The van der Waals surface area contributed by atoms with Crippen LogP contribution in [0.3, 0.4) is 0 Å². The van der Waals surface area contributed by atoms with E-state index in [1.54, 1.807) is 6.07 Å². The van der Waals surface area contributed by atoms with Gasteiger partial charge in [-0.1, -0.05) is 0 Å². The van der Waals surface area contributed by atoms with Crippen molar-refractivity contribution in [2.24, 2.45) is 5.84 Å². The minimum absolute atomic E-state index is 0.0462. The lowest BCUT2D eigenvalue weighted by Crippen LogP contribution is -2.32. The Bertz CT molecular complexity index is 451. The largest absolute Gasteiger partial charge is 0.396 e. The highest BCUT2D eigenvalue weighted by atomic mass is 16.6. The van der Waals surface area contributed by atoms with Crippen molar-refractivity contribution in [3.05, 3.63) is 33.9 Å². The number of hydrazine groups is 1. The van der Waals surface area contributed by atoms with Gasteiger partial charge in [0.25, 0.3) is 5.69 Å². The predicted octanol–water partition coefficient (Wildman–Crippen LogP) is 1.47. The molecule has 112 valence electrons. The molecule has 7 heteroatoms. The Kier molecular flexibility index (Phi) is 6.37. The van der Waals surface area contributed by atoms with Crippen molar-refractivity contribution < 1.29 is 10.0 Å². The summed E-state index contributed by atoms with van der Waals surface area (Å²) < 4.78 is 0. The van der Waals surface area contributed by atoms with Gasteiger partial charge in [0, 0.05) is 37.9 Å². The lowest BCUT2D eigenvalue weighted by atomic mass is 10.1. The van der Waals surface area contributed by atoms with Crippen LogP contribution in [0.2, 0.25) is 0 Å². The van der Waals surface area contributed by atoms with E-state index in [0.29, 0.717) is 18.7 Å². The summed E-state index contributed by atoms with van der Waals surface area (Å²) in [7, 11) is 0. The maximum atomic E-state index is 10.9. The average Bonchev–Trinajstić information content (AvgIpc) is 2.42. The summed E-state index contributed by atoms with van der Waals surface area (Å²) in [6, 6.07) is 4.83. The molecule has 0 saturated heterocycles. The van der Waals surface area contributed by atoms with E-state index >= 15 is 0 Å². The monoisotopic (exact) mass is 282 g/mol. The first-order chi connectivity index (χ1) is 9.49. The summed E-state index contributed by atoms with van der Waals surface area (Å²) in [6.45, 7) is 5.48. The molecule has 1 aromatic rings. The number of nitrogens with two attached hydrogens (primary N) is 1. The van der Waals surface area contributed by atoms with Crippen molar-refractivity contribution >= 4 is 11.4 Å². The minimum Gasteiger partial charge on any atom is -0.396 e. The molecule has 4 N–H and O–H groups in total. The van der Waals surface area contributed by atoms with E-state index in [2.05, 4.69) is 10.3 Å². The van der Waals surface area contributed by atoms with Crippen molar-refractivity contribution in [3.8, 4) is 0 Å². The Morgan fingerprint density at radius 1 is 1.50 bits per heavy atom. The van der Waals surface area contributed by atoms with Crippen molar-refractivity contribution in [2.45, 2.75) is 32.9 Å². The molecule has 0 bridgehead atoms. The van der Waals surface area contributed by atoms with Gasteiger partial charge in [0.05, 0.1) is 10.6 Å². The number of hydrogen-bond donors (Lipinski definition) is 3. The third-order valence-electron chi connectivity index (χ3n) is 3.16. The Morgan fingerprint density at radius 3 is 2.70 bits per heavy atom. The quantitative estimate of drug-likeness (QED) is 0.379. The number of benzene rings is 1. The number of rotatable bonds is 8. The zero-order chi connectivity index (χ0) is 15.1. The molecule has 0 spiro atoms. The molecule has 0 aromatic heterocycles. The number of aliphatic hydroxyl groups is 1. The predicted molar refractivity (Wildman–Crippen MR) is 78.2 cm³/mol. The number of nitrogens with one attached hydrogen (secondary N) is 1. The lowest BCUT2D eigenvalue weighted by Gasteiger charge is -2.27. The van der Waals surface area contributed by atoms with Crippen LogP contribution in [-0.2, 0) is 6.54 Å². The van der Waals surface area contributed by atoms with Gasteiger partial charge in [-0.05, 0) is 31.9 Å². The summed E-state index contributed by atoms with van der Waals surface area (Å²) >= 11 is 0. The lowest BCUT2D eigenvalue weighted by molar-refractivity contribution is -0.384. The summed E-state index contributed by atoms with van der Waals surface area (Å²) in [5.74, 6) is 5.45. The summed E-state index contributed by atoms with van der Waals surface area (Å²) in [5.41, 5.74) is 4.05. The maximum absolute atomic E-state index is 10.9. The molecule has 0 fully saturated rings. The first kappa shape index (κ1) is 16.4. The molecule has 0 heterocycles. The summed E-state index contributed by atoms with van der Waals surface area (Å²) in [4.78, 5) is 12.6. The normalized spacial score (nSPS) is 11.1. The van der Waals surface area contributed by atoms with Crippen molar-refractivity contribution in [3.63, 3.8) is 0 Å². The molecule has 0 saturated carbocycles. The van der Waals surface area contributed by atoms with Crippen molar-refractivity contribution in [1.29, 1.82) is 0 Å². The van der Waals surface area contributed by atoms with Gasteiger partial charge in [-0.3, -0.25) is 20.9 Å². The van der Waals surface area contributed by atoms with Crippen molar-refractivity contribution in [1.82, 2.24) is 4.90 Å². The molecule has 0 atom stereocenters. The van der Waals surface area contributed by atoms with E-state index in [1.807, 2.05) is 13.8 Å². The van der Waals surface area contributed by atoms with Crippen LogP contribution in [0.15, 0.2) is 18.2 Å². The van der Waals surface area contributed by atoms with Gasteiger partial charge >= 0.3 is 0 Å². The third-order valence-corrected chi connectivity index (χ3v) is 3.16. The van der Waals surface area contributed by atoms with E-state index in [4.69, 9.17) is 10.9 Å². The second kappa shape index (κ2) is 7.78. The smallest absolute Gasteiger partial charge is 0.269 e. The van der Waals surface area contributed by atoms with Gasteiger partial charge in [-0.2, -0.15) is 0 Å². The van der Waals surface area contributed by atoms with Crippen LogP contribution >= 0.6 is 0 Å². The molecule has 0 aliphatic rings. The number of nitro groups is 1. The van der Waals surface area contributed by atoms with Crippen LogP contribution < -0.4 is 11.3 Å². The topological polar surface area (TPSA) is 105 Å². The van der Waals surface area contributed by atoms with Gasteiger partial charge in [0.15, 0.2) is 0 Å². The number of nitrogens with zero attached hydrogens (tertiary/aromatic N) is 2. The fourth-order valence-electron chi connectivity index (χ4n) is 1.98. The highest BCUT2D eigenvalue weighted by Crippen LogP contribution is 2.23. The molecule has 0 radical (unpaired) electrons. The zero-order valence-corrected chi connectivity index (χ0v) is 11.9. The molecule has 0 unspecified atom stereocenters. The van der Waals surface area contributed by atoms with Gasteiger partial charge < -0.3 is 10.5 Å².